The molecule has 1 atom stereocenters. The van der Waals surface area contributed by atoms with Gasteiger partial charge in [0.05, 0.1) is 0 Å². The lowest BCUT2D eigenvalue weighted by atomic mass is 10.0. The zero-order valence-electron chi connectivity index (χ0n) is 14.9. The van der Waals surface area contributed by atoms with E-state index in [0.29, 0.717) is 0 Å². The molecule has 0 saturated carbocycles. The van der Waals surface area contributed by atoms with Crippen molar-refractivity contribution in [3.05, 3.63) is 58.6 Å². The molecule has 1 aliphatic rings. The van der Waals surface area contributed by atoms with Gasteiger partial charge in [0.15, 0.2) is 0 Å². The Labute approximate surface area is 155 Å². The second kappa shape index (κ2) is 8.03. The van der Waals surface area contributed by atoms with Crippen LogP contribution in [-0.4, -0.2) is 29.9 Å². The SMILES string of the molecule is CC(=O)NC1CCCN(Cc2cccc(-c3ccc(C)c(Cl)c3)c2)C1. The Balaban J connectivity index is 1.71. The molecule has 1 heterocycles. The molecule has 0 spiro atoms. The molecule has 132 valence electrons. The van der Waals surface area contributed by atoms with Gasteiger partial charge in [-0.2, -0.15) is 0 Å². The highest BCUT2D eigenvalue weighted by Crippen LogP contribution is 2.26. The minimum Gasteiger partial charge on any atom is -0.352 e. The number of hydrogen-bond donors (Lipinski definition) is 1. The molecule has 1 N–H and O–H groups in total. The van der Waals surface area contributed by atoms with Gasteiger partial charge in [-0.25, -0.2) is 0 Å². The minimum absolute atomic E-state index is 0.0603. The van der Waals surface area contributed by atoms with Crippen molar-refractivity contribution in [2.45, 2.75) is 39.3 Å². The Hall–Kier alpha value is -1.84. The molecule has 0 radical (unpaired) electrons. The van der Waals surface area contributed by atoms with Crippen molar-refractivity contribution in [1.82, 2.24) is 10.2 Å². The molecule has 1 unspecified atom stereocenters. The van der Waals surface area contributed by atoms with Crippen molar-refractivity contribution >= 4 is 17.5 Å². The second-order valence-corrected chi connectivity index (χ2v) is 7.35. The maximum Gasteiger partial charge on any atom is 0.217 e. The minimum atomic E-state index is 0.0603. The number of rotatable bonds is 4. The van der Waals surface area contributed by atoms with Crippen molar-refractivity contribution in [3.63, 3.8) is 0 Å². The summed E-state index contributed by atoms with van der Waals surface area (Å²) >= 11 is 6.27. The van der Waals surface area contributed by atoms with Crippen molar-refractivity contribution in [2.75, 3.05) is 13.1 Å². The zero-order chi connectivity index (χ0) is 17.8. The third-order valence-corrected chi connectivity index (χ3v) is 5.16. The summed E-state index contributed by atoms with van der Waals surface area (Å²) < 4.78 is 0. The van der Waals surface area contributed by atoms with Crippen LogP contribution in [0, 0.1) is 6.92 Å². The molecule has 2 aromatic carbocycles. The van der Waals surface area contributed by atoms with E-state index in [1.54, 1.807) is 6.92 Å². The number of piperidine rings is 1. The molecular formula is C21H25ClN2O. The Morgan fingerprint density at radius 3 is 2.80 bits per heavy atom. The predicted molar refractivity (Wildman–Crippen MR) is 104 cm³/mol. The van der Waals surface area contributed by atoms with E-state index in [1.165, 1.54) is 11.1 Å². The van der Waals surface area contributed by atoms with Crippen LogP contribution in [0.15, 0.2) is 42.5 Å². The van der Waals surface area contributed by atoms with Gasteiger partial charge in [-0.15, -0.1) is 0 Å². The number of nitrogens with zero attached hydrogens (tertiary/aromatic N) is 1. The van der Waals surface area contributed by atoms with E-state index < -0.39 is 0 Å². The van der Waals surface area contributed by atoms with Gasteiger partial charge in [0.25, 0.3) is 0 Å². The summed E-state index contributed by atoms with van der Waals surface area (Å²) in [7, 11) is 0. The van der Waals surface area contributed by atoms with Gasteiger partial charge in [-0.1, -0.05) is 41.9 Å². The summed E-state index contributed by atoms with van der Waals surface area (Å²) in [5.41, 5.74) is 4.72. The normalized spacial score (nSPS) is 18.1. The van der Waals surface area contributed by atoms with E-state index in [9.17, 15) is 4.79 Å². The van der Waals surface area contributed by atoms with E-state index >= 15 is 0 Å². The largest absolute Gasteiger partial charge is 0.352 e. The van der Waals surface area contributed by atoms with Crippen LogP contribution in [0.25, 0.3) is 11.1 Å². The fourth-order valence-corrected chi connectivity index (χ4v) is 3.66. The van der Waals surface area contributed by atoms with Crippen LogP contribution in [0.3, 0.4) is 0 Å². The molecule has 1 aliphatic heterocycles. The standard InChI is InChI=1S/C21H25ClN2O/c1-15-8-9-19(12-21(15)22)18-6-3-5-17(11-18)13-24-10-4-7-20(14-24)23-16(2)25/h3,5-6,8-9,11-12,20H,4,7,10,13-14H2,1-2H3,(H,23,25). The number of aryl methyl sites for hydroxylation is 1. The summed E-state index contributed by atoms with van der Waals surface area (Å²) in [6.07, 6.45) is 2.19. The lowest BCUT2D eigenvalue weighted by molar-refractivity contribution is -0.120. The molecule has 4 heteroatoms. The second-order valence-electron chi connectivity index (χ2n) is 6.94. The zero-order valence-corrected chi connectivity index (χ0v) is 15.6. The van der Waals surface area contributed by atoms with Gasteiger partial charge in [0, 0.05) is 31.1 Å². The smallest absolute Gasteiger partial charge is 0.217 e. The summed E-state index contributed by atoms with van der Waals surface area (Å²) in [5, 5.41) is 3.85. The van der Waals surface area contributed by atoms with E-state index in [0.717, 1.165) is 48.6 Å². The number of benzene rings is 2. The Morgan fingerprint density at radius 1 is 1.24 bits per heavy atom. The highest BCUT2D eigenvalue weighted by atomic mass is 35.5. The van der Waals surface area contributed by atoms with E-state index in [4.69, 9.17) is 11.6 Å². The molecular weight excluding hydrogens is 332 g/mol. The molecule has 0 bridgehead atoms. The fourth-order valence-electron chi connectivity index (χ4n) is 3.48. The first kappa shape index (κ1) is 18.0. The summed E-state index contributed by atoms with van der Waals surface area (Å²) in [6.45, 7) is 6.51. The van der Waals surface area contributed by atoms with Crippen LogP contribution in [-0.2, 0) is 11.3 Å². The molecule has 0 aliphatic carbocycles. The first-order valence-electron chi connectivity index (χ1n) is 8.86. The third kappa shape index (κ3) is 4.83. The van der Waals surface area contributed by atoms with Gasteiger partial charge in [-0.05, 0) is 60.7 Å². The van der Waals surface area contributed by atoms with Crippen LogP contribution in [0.2, 0.25) is 5.02 Å². The van der Waals surface area contributed by atoms with E-state index in [2.05, 4.69) is 46.6 Å². The average Bonchev–Trinajstić information content (AvgIpc) is 2.57. The molecule has 0 aromatic heterocycles. The fraction of sp³-hybridized carbons (Fsp3) is 0.381. The number of carbonyl (C=O) groups is 1. The number of carbonyl (C=O) groups excluding carboxylic acids is 1. The molecule has 2 aromatic rings. The highest BCUT2D eigenvalue weighted by molar-refractivity contribution is 6.31. The maximum atomic E-state index is 11.3. The van der Waals surface area contributed by atoms with Crippen molar-refractivity contribution in [1.29, 1.82) is 0 Å². The highest BCUT2D eigenvalue weighted by Gasteiger charge is 2.20. The average molecular weight is 357 g/mol. The van der Waals surface area contributed by atoms with Gasteiger partial charge in [-0.3, -0.25) is 9.69 Å². The van der Waals surface area contributed by atoms with Crippen molar-refractivity contribution < 1.29 is 4.79 Å². The molecule has 1 amide bonds. The topological polar surface area (TPSA) is 32.3 Å². The monoisotopic (exact) mass is 356 g/mol. The van der Waals surface area contributed by atoms with Crippen molar-refractivity contribution in [3.8, 4) is 11.1 Å². The summed E-state index contributed by atoms with van der Waals surface area (Å²) in [5.74, 6) is 0.0603. The lowest BCUT2D eigenvalue weighted by Gasteiger charge is -2.33. The first-order valence-corrected chi connectivity index (χ1v) is 9.24. The van der Waals surface area contributed by atoms with Crippen LogP contribution >= 0.6 is 11.6 Å². The molecule has 1 fully saturated rings. The number of halogens is 1. The van der Waals surface area contributed by atoms with Gasteiger partial charge < -0.3 is 5.32 Å². The van der Waals surface area contributed by atoms with E-state index in [-0.39, 0.29) is 11.9 Å². The van der Waals surface area contributed by atoms with Gasteiger partial charge in [0.2, 0.25) is 5.91 Å². The number of likely N-dealkylation sites (tertiary alicyclic amines) is 1. The summed E-state index contributed by atoms with van der Waals surface area (Å²) in [4.78, 5) is 13.7. The quantitative estimate of drug-likeness (QED) is 0.879. The number of nitrogens with one attached hydrogen (secondary N) is 1. The van der Waals surface area contributed by atoms with Gasteiger partial charge >= 0.3 is 0 Å². The molecule has 1 saturated heterocycles. The maximum absolute atomic E-state index is 11.3. The third-order valence-electron chi connectivity index (χ3n) is 4.75. The molecule has 3 nitrogen and oxygen atoms in total. The lowest BCUT2D eigenvalue weighted by Crippen LogP contribution is -2.46. The van der Waals surface area contributed by atoms with E-state index in [1.807, 2.05) is 13.0 Å². The van der Waals surface area contributed by atoms with Crippen LogP contribution in [0.5, 0.6) is 0 Å². The number of hydrogen-bond acceptors (Lipinski definition) is 2. The first-order chi connectivity index (χ1) is 12.0. The predicted octanol–water partition coefficient (Wildman–Crippen LogP) is 4.42. The van der Waals surface area contributed by atoms with Crippen molar-refractivity contribution in [2.24, 2.45) is 0 Å². The number of amides is 1. The van der Waals surface area contributed by atoms with Crippen LogP contribution in [0.4, 0.5) is 0 Å². The Kier molecular flexibility index (Phi) is 5.77. The molecule has 3 rings (SSSR count). The van der Waals surface area contributed by atoms with Crippen LogP contribution < -0.4 is 5.32 Å². The Morgan fingerprint density at radius 2 is 2.04 bits per heavy atom. The van der Waals surface area contributed by atoms with Crippen LogP contribution in [0.1, 0.15) is 30.9 Å². The Bertz CT molecular complexity index is 759. The molecule has 25 heavy (non-hydrogen) atoms. The van der Waals surface area contributed by atoms with Gasteiger partial charge in [0.1, 0.15) is 0 Å². The summed E-state index contributed by atoms with van der Waals surface area (Å²) in [6, 6.07) is 15.1.